The van der Waals surface area contributed by atoms with Crippen LogP contribution in [0.15, 0.2) is 71.2 Å². The summed E-state index contributed by atoms with van der Waals surface area (Å²) in [4.78, 5) is 41.4. The lowest BCUT2D eigenvalue weighted by Gasteiger charge is -2.32. The van der Waals surface area contributed by atoms with Crippen LogP contribution in [0.1, 0.15) is 28.4 Å². The van der Waals surface area contributed by atoms with Crippen LogP contribution in [0.2, 0.25) is 10.0 Å². The minimum Gasteiger partial charge on any atom is -0.478 e. The van der Waals surface area contributed by atoms with Gasteiger partial charge in [0.05, 0.1) is 11.3 Å². The third-order valence-electron chi connectivity index (χ3n) is 5.76. The third-order valence-corrected chi connectivity index (χ3v) is 6.73. The zero-order valence-electron chi connectivity index (χ0n) is 18.0. The number of hydrogen-bond acceptors (Lipinski definition) is 3. The summed E-state index contributed by atoms with van der Waals surface area (Å²) in [5, 5.41) is 9.95. The van der Waals surface area contributed by atoms with E-state index >= 15 is 0 Å². The van der Waals surface area contributed by atoms with E-state index in [1.54, 1.807) is 19.1 Å². The van der Waals surface area contributed by atoms with E-state index in [1.165, 1.54) is 35.2 Å². The average molecular weight is 562 g/mol. The molecule has 3 amide bonds. The summed E-state index contributed by atoms with van der Waals surface area (Å²) in [5.41, 5.74) is 0.593. The number of carbonyl (C=O) groups excluding carboxylic acids is 2. The van der Waals surface area contributed by atoms with E-state index in [4.69, 9.17) is 23.2 Å². The highest BCUT2D eigenvalue weighted by Crippen LogP contribution is 2.38. The van der Waals surface area contributed by atoms with E-state index in [2.05, 4.69) is 15.9 Å². The average Bonchev–Trinajstić information content (AvgIpc) is 2.95. The number of halogens is 3. The Bertz CT molecular complexity index is 1280. The number of carboxylic acid groups (broad SMARTS) is 1. The quantitative estimate of drug-likeness (QED) is 0.352. The van der Waals surface area contributed by atoms with Gasteiger partial charge in [-0.15, -0.1) is 0 Å². The van der Waals surface area contributed by atoms with E-state index in [9.17, 15) is 19.5 Å². The van der Waals surface area contributed by atoms with Crippen LogP contribution in [0.4, 0.5) is 10.5 Å². The van der Waals surface area contributed by atoms with Crippen LogP contribution >= 0.6 is 39.1 Å². The fourth-order valence-corrected chi connectivity index (χ4v) is 4.85. The second-order valence-corrected chi connectivity index (χ2v) is 10.0. The molecule has 174 valence electrons. The monoisotopic (exact) mass is 560 g/mol. The molecule has 1 heterocycles. The van der Waals surface area contributed by atoms with E-state index in [0.717, 1.165) is 14.9 Å². The molecule has 4 rings (SSSR count). The number of urea groups is 1. The van der Waals surface area contributed by atoms with Crippen LogP contribution < -0.4 is 4.90 Å². The summed E-state index contributed by atoms with van der Waals surface area (Å²) in [6.45, 7) is 1.76. The molecular weight excluding hydrogens is 543 g/mol. The maximum absolute atomic E-state index is 13.8. The van der Waals surface area contributed by atoms with Crippen LogP contribution in [0.25, 0.3) is 0 Å². The highest BCUT2D eigenvalue weighted by molar-refractivity contribution is 9.10. The van der Waals surface area contributed by atoms with Crippen molar-refractivity contribution in [2.24, 2.45) is 0 Å². The predicted octanol–water partition coefficient (Wildman–Crippen LogP) is 6.42. The summed E-state index contributed by atoms with van der Waals surface area (Å²) >= 11 is 15.7. The molecule has 3 aromatic rings. The first-order valence-corrected chi connectivity index (χ1v) is 11.8. The van der Waals surface area contributed by atoms with Crippen molar-refractivity contribution in [2.45, 2.75) is 25.4 Å². The molecule has 1 atom stereocenters. The SMILES string of the molecule is CC1(Cc2ccc(Br)cc2)C(=O)N(c2cc(Cl)cc(Cl)c2)C(=O)N1Cc1cccc(C(=O)O)c1. The molecule has 0 aromatic heterocycles. The predicted molar refractivity (Wildman–Crippen MR) is 135 cm³/mol. The van der Waals surface area contributed by atoms with Gasteiger partial charge in [-0.2, -0.15) is 0 Å². The molecule has 1 aliphatic heterocycles. The van der Waals surface area contributed by atoms with Crippen molar-refractivity contribution < 1.29 is 19.5 Å². The van der Waals surface area contributed by atoms with Crippen molar-refractivity contribution in [3.05, 3.63) is 97.9 Å². The lowest BCUT2D eigenvalue weighted by atomic mass is 9.90. The molecule has 0 aliphatic carbocycles. The number of carboxylic acids is 1. The lowest BCUT2D eigenvalue weighted by Crippen LogP contribution is -2.48. The Labute approximate surface area is 214 Å². The second-order valence-electron chi connectivity index (χ2n) is 8.22. The molecule has 1 aliphatic rings. The maximum atomic E-state index is 13.8. The molecule has 1 unspecified atom stereocenters. The van der Waals surface area contributed by atoms with Gasteiger partial charge < -0.3 is 10.0 Å². The van der Waals surface area contributed by atoms with Gasteiger partial charge in [0.25, 0.3) is 5.91 Å². The van der Waals surface area contributed by atoms with Gasteiger partial charge in [-0.25, -0.2) is 14.5 Å². The summed E-state index contributed by atoms with van der Waals surface area (Å²) in [7, 11) is 0. The molecular formula is C25H19BrCl2N2O4. The molecule has 0 spiro atoms. The smallest absolute Gasteiger partial charge is 0.335 e. The van der Waals surface area contributed by atoms with Crippen LogP contribution in [-0.4, -0.2) is 33.5 Å². The maximum Gasteiger partial charge on any atom is 0.335 e. The Balaban J connectivity index is 1.78. The Morgan fingerprint density at radius 1 is 0.971 bits per heavy atom. The van der Waals surface area contributed by atoms with Gasteiger partial charge in [-0.1, -0.05) is 63.4 Å². The number of imide groups is 1. The minimum absolute atomic E-state index is 0.0452. The van der Waals surface area contributed by atoms with Crippen molar-refractivity contribution in [1.82, 2.24) is 4.90 Å². The van der Waals surface area contributed by atoms with Crippen LogP contribution in [-0.2, 0) is 17.8 Å². The molecule has 1 N–H and O–H groups in total. The molecule has 6 nitrogen and oxygen atoms in total. The molecule has 1 saturated heterocycles. The van der Waals surface area contributed by atoms with Crippen LogP contribution in [0.3, 0.4) is 0 Å². The lowest BCUT2D eigenvalue weighted by molar-refractivity contribution is -0.124. The van der Waals surface area contributed by atoms with Crippen molar-refractivity contribution in [1.29, 1.82) is 0 Å². The minimum atomic E-state index is -1.24. The van der Waals surface area contributed by atoms with E-state index in [-0.39, 0.29) is 24.2 Å². The number of nitrogens with zero attached hydrogens (tertiary/aromatic N) is 2. The number of hydrogen-bond donors (Lipinski definition) is 1. The van der Waals surface area contributed by atoms with Crippen LogP contribution in [0.5, 0.6) is 0 Å². The standard InChI is InChI=1S/C25H19BrCl2N2O4/c1-25(13-15-5-7-18(26)8-6-15)23(33)30(21-11-19(27)10-20(28)12-21)24(34)29(25)14-16-3-2-4-17(9-16)22(31)32/h2-12H,13-14H2,1H3,(H,31,32). The number of anilines is 1. The summed E-state index contributed by atoms with van der Waals surface area (Å²) in [6, 6.07) is 17.8. The summed E-state index contributed by atoms with van der Waals surface area (Å²) in [6.07, 6.45) is 0.258. The highest BCUT2D eigenvalue weighted by Gasteiger charge is 2.54. The zero-order chi connectivity index (χ0) is 24.6. The van der Waals surface area contributed by atoms with Gasteiger partial charge in [-0.05, 0) is 60.5 Å². The Morgan fingerprint density at radius 3 is 2.24 bits per heavy atom. The van der Waals surface area contributed by atoms with Crippen molar-refractivity contribution in [2.75, 3.05) is 4.90 Å². The van der Waals surface area contributed by atoms with Gasteiger partial charge in [0.1, 0.15) is 5.54 Å². The first-order chi connectivity index (χ1) is 16.1. The van der Waals surface area contributed by atoms with Gasteiger partial charge >= 0.3 is 12.0 Å². The number of rotatable bonds is 6. The second kappa shape index (κ2) is 9.41. The van der Waals surface area contributed by atoms with Crippen molar-refractivity contribution >= 4 is 62.7 Å². The Hall–Kier alpha value is -2.87. The molecule has 0 bridgehead atoms. The summed E-state index contributed by atoms with van der Waals surface area (Å²) < 4.78 is 0.896. The Kier molecular flexibility index (Phi) is 6.71. The summed E-state index contributed by atoms with van der Waals surface area (Å²) in [5.74, 6) is -1.49. The van der Waals surface area contributed by atoms with Gasteiger partial charge in [0.15, 0.2) is 0 Å². The molecule has 0 radical (unpaired) electrons. The third kappa shape index (κ3) is 4.69. The highest BCUT2D eigenvalue weighted by atomic mass is 79.9. The number of amides is 3. The fraction of sp³-hybridized carbons (Fsp3) is 0.160. The van der Waals surface area contributed by atoms with E-state index in [0.29, 0.717) is 15.6 Å². The first kappa shape index (κ1) is 24.3. The molecule has 1 fully saturated rings. The Morgan fingerprint density at radius 2 is 1.62 bits per heavy atom. The van der Waals surface area contributed by atoms with Gasteiger partial charge in [-0.3, -0.25) is 4.79 Å². The molecule has 9 heteroatoms. The number of benzene rings is 3. The van der Waals surface area contributed by atoms with Crippen LogP contribution in [0, 0.1) is 0 Å². The number of aromatic carboxylic acids is 1. The normalized spacial score (nSPS) is 18.0. The molecule has 34 heavy (non-hydrogen) atoms. The van der Waals surface area contributed by atoms with Crippen molar-refractivity contribution in [3.63, 3.8) is 0 Å². The van der Waals surface area contributed by atoms with E-state index < -0.39 is 23.4 Å². The first-order valence-electron chi connectivity index (χ1n) is 10.3. The molecule has 3 aromatic carbocycles. The fourth-order valence-electron chi connectivity index (χ4n) is 4.07. The van der Waals surface area contributed by atoms with Gasteiger partial charge in [0.2, 0.25) is 0 Å². The number of carbonyl (C=O) groups is 3. The topological polar surface area (TPSA) is 77.9 Å². The molecule has 0 saturated carbocycles. The largest absolute Gasteiger partial charge is 0.478 e. The van der Waals surface area contributed by atoms with Gasteiger partial charge in [0, 0.05) is 27.5 Å². The van der Waals surface area contributed by atoms with E-state index in [1.807, 2.05) is 24.3 Å². The van der Waals surface area contributed by atoms with Crippen molar-refractivity contribution in [3.8, 4) is 0 Å². The zero-order valence-corrected chi connectivity index (χ0v) is 21.1.